The number of aryl methyl sites for hydroxylation is 1. The second kappa shape index (κ2) is 9.56. The molecule has 4 rings (SSSR count). The predicted molar refractivity (Wildman–Crippen MR) is 136 cm³/mol. The minimum Gasteiger partial charge on any atom is -0.356 e. The highest BCUT2D eigenvalue weighted by atomic mass is 32.2. The SMILES string of the molecule is C=S(C)(=O)C1=CC(NC(=O)c2c(N3CCCC(F)(F)CC3)ncc(-c3cnn(C)c3)c2C)=CCC1. The number of carbonyl (C=O) groups excluding carboxylic acids is 1. The lowest BCUT2D eigenvalue weighted by Gasteiger charge is -2.26. The van der Waals surface area contributed by atoms with Crippen LogP contribution in [0.2, 0.25) is 0 Å². The number of anilines is 1. The first kappa shape index (κ1) is 25.1. The molecular formula is C25H31F2N5O2S. The molecule has 0 radical (unpaired) electrons. The largest absolute Gasteiger partial charge is 0.356 e. The van der Waals surface area contributed by atoms with Crippen molar-refractivity contribution in [3.05, 3.63) is 52.5 Å². The third kappa shape index (κ3) is 5.63. The fraction of sp³-hybridized carbons (Fsp3) is 0.440. The Bertz CT molecular complexity index is 1310. The Kier molecular flexibility index (Phi) is 6.86. The average molecular weight is 504 g/mol. The number of nitrogens with zero attached hydrogens (tertiary/aromatic N) is 4. The summed E-state index contributed by atoms with van der Waals surface area (Å²) in [6.07, 6.45) is 11.5. The second-order valence-corrected chi connectivity index (χ2v) is 11.9. The van der Waals surface area contributed by atoms with Crippen molar-refractivity contribution in [3.8, 4) is 11.1 Å². The molecule has 2 aromatic heterocycles. The van der Waals surface area contributed by atoms with Gasteiger partial charge in [0, 0.05) is 73.4 Å². The van der Waals surface area contributed by atoms with E-state index in [1.54, 1.807) is 41.4 Å². The third-order valence-electron chi connectivity index (χ3n) is 6.46. The molecular weight excluding hydrogens is 472 g/mol. The molecule has 3 heterocycles. The summed E-state index contributed by atoms with van der Waals surface area (Å²) >= 11 is 0. The van der Waals surface area contributed by atoms with Crippen molar-refractivity contribution in [2.24, 2.45) is 7.05 Å². The lowest BCUT2D eigenvalue weighted by atomic mass is 9.99. The minimum atomic E-state index is -2.72. The average Bonchev–Trinajstić information content (AvgIpc) is 3.12. The van der Waals surface area contributed by atoms with E-state index >= 15 is 0 Å². The number of carbonyl (C=O) groups is 1. The number of aromatic nitrogens is 3. The van der Waals surface area contributed by atoms with Gasteiger partial charge in [-0.05, 0) is 53.2 Å². The number of allylic oxidation sites excluding steroid dienone is 3. The molecule has 35 heavy (non-hydrogen) atoms. The smallest absolute Gasteiger partial charge is 0.259 e. The van der Waals surface area contributed by atoms with Gasteiger partial charge in [0.2, 0.25) is 5.92 Å². The van der Waals surface area contributed by atoms with E-state index in [9.17, 15) is 17.8 Å². The number of halogens is 2. The van der Waals surface area contributed by atoms with Gasteiger partial charge in [0.15, 0.2) is 0 Å². The maximum absolute atomic E-state index is 14.0. The quantitative estimate of drug-likeness (QED) is 0.623. The number of hydrogen-bond acceptors (Lipinski definition) is 5. The Morgan fingerprint density at radius 1 is 1.26 bits per heavy atom. The highest BCUT2D eigenvalue weighted by Crippen LogP contribution is 2.34. The fourth-order valence-electron chi connectivity index (χ4n) is 4.52. The Hall–Kier alpha value is -3.01. The van der Waals surface area contributed by atoms with Gasteiger partial charge in [0.25, 0.3) is 5.91 Å². The summed E-state index contributed by atoms with van der Waals surface area (Å²) in [6.45, 7) is 2.33. The van der Waals surface area contributed by atoms with E-state index in [4.69, 9.17) is 0 Å². The van der Waals surface area contributed by atoms with Crippen LogP contribution in [0, 0.1) is 6.92 Å². The van der Waals surface area contributed by atoms with E-state index in [2.05, 4.69) is 21.3 Å². The van der Waals surface area contributed by atoms with Crippen molar-refractivity contribution in [2.75, 3.05) is 24.2 Å². The van der Waals surface area contributed by atoms with Gasteiger partial charge in [-0.25, -0.2) is 13.8 Å². The van der Waals surface area contributed by atoms with Gasteiger partial charge in [0.1, 0.15) is 5.82 Å². The molecule has 1 aliphatic carbocycles. The van der Waals surface area contributed by atoms with E-state index in [1.807, 2.05) is 19.2 Å². The van der Waals surface area contributed by atoms with E-state index in [-0.39, 0.29) is 25.3 Å². The Labute approximate surface area is 204 Å². The first-order chi connectivity index (χ1) is 16.4. The Morgan fingerprint density at radius 3 is 2.71 bits per heavy atom. The summed E-state index contributed by atoms with van der Waals surface area (Å²) in [5, 5.41) is 7.15. The number of nitrogens with one attached hydrogen (secondary N) is 1. The maximum atomic E-state index is 14.0. The molecule has 188 valence electrons. The molecule has 1 saturated heterocycles. The molecule has 1 unspecified atom stereocenters. The molecule has 2 aliphatic rings. The number of hydrogen-bond donors (Lipinski definition) is 1. The molecule has 1 N–H and O–H groups in total. The molecule has 0 spiro atoms. The molecule has 2 aromatic rings. The highest BCUT2D eigenvalue weighted by molar-refractivity contribution is 8.03. The minimum absolute atomic E-state index is 0.109. The summed E-state index contributed by atoms with van der Waals surface area (Å²) in [7, 11) is -0.575. The van der Waals surface area contributed by atoms with Crippen molar-refractivity contribution in [1.82, 2.24) is 20.1 Å². The molecule has 1 amide bonds. The number of rotatable bonds is 5. The molecule has 1 aliphatic heterocycles. The molecule has 1 atom stereocenters. The Balaban J connectivity index is 1.74. The van der Waals surface area contributed by atoms with Crippen molar-refractivity contribution in [3.63, 3.8) is 0 Å². The topological polar surface area (TPSA) is 80.1 Å². The lowest BCUT2D eigenvalue weighted by molar-refractivity contribution is -0.0102. The van der Waals surface area contributed by atoms with Gasteiger partial charge in [-0.2, -0.15) is 5.10 Å². The molecule has 0 bridgehead atoms. The summed E-state index contributed by atoms with van der Waals surface area (Å²) in [4.78, 5) is 20.7. The maximum Gasteiger partial charge on any atom is 0.259 e. The van der Waals surface area contributed by atoms with E-state index in [0.29, 0.717) is 53.4 Å². The van der Waals surface area contributed by atoms with Crippen LogP contribution in [0.1, 0.15) is 48.0 Å². The van der Waals surface area contributed by atoms with Crippen LogP contribution in [0.15, 0.2) is 41.3 Å². The lowest BCUT2D eigenvalue weighted by Crippen LogP contribution is -2.32. The molecule has 0 saturated carbocycles. The molecule has 10 heteroatoms. The summed E-state index contributed by atoms with van der Waals surface area (Å²) < 4.78 is 42.2. The number of amides is 1. The monoisotopic (exact) mass is 503 g/mol. The second-order valence-electron chi connectivity index (χ2n) is 9.36. The van der Waals surface area contributed by atoms with Crippen molar-refractivity contribution < 1.29 is 17.8 Å². The normalized spacial score (nSPS) is 19.9. The van der Waals surface area contributed by atoms with Crippen LogP contribution in [0.25, 0.3) is 11.1 Å². The molecule has 1 fully saturated rings. The fourth-order valence-corrected chi connectivity index (χ4v) is 5.45. The van der Waals surface area contributed by atoms with E-state index < -0.39 is 15.4 Å². The Morgan fingerprint density at radius 2 is 2.03 bits per heavy atom. The van der Waals surface area contributed by atoms with Crippen LogP contribution in [0.3, 0.4) is 0 Å². The van der Waals surface area contributed by atoms with E-state index in [1.165, 1.54) is 0 Å². The van der Waals surface area contributed by atoms with Gasteiger partial charge in [-0.3, -0.25) is 13.7 Å². The summed E-state index contributed by atoms with van der Waals surface area (Å²) in [6, 6.07) is 0. The number of pyridine rings is 1. The number of alkyl halides is 2. The van der Waals surface area contributed by atoms with Crippen LogP contribution in [-0.2, 0) is 16.6 Å². The van der Waals surface area contributed by atoms with Crippen molar-refractivity contribution in [1.29, 1.82) is 0 Å². The van der Waals surface area contributed by atoms with Crippen LogP contribution in [0.4, 0.5) is 14.6 Å². The van der Waals surface area contributed by atoms with Gasteiger partial charge in [-0.15, -0.1) is 0 Å². The van der Waals surface area contributed by atoms with Crippen molar-refractivity contribution in [2.45, 2.75) is 45.0 Å². The van der Waals surface area contributed by atoms with Gasteiger partial charge in [0.05, 0.1) is 11.8 Å². The third-order valence-corrected chi connectivity index (χ3v) is 7.89. The van der Waals surface area contributed by atoms with Gasteiger partial charge in [-0.1, -0.05) is 6.08 Å². The molecule has 0 aromatic carbocycles. The van der Waals surface area contributed by atoms with Crippen LogP contribution in [-0.4, -0.2) is 56.0 Å². The first-order valence-electron chi connectivity index (χ1n) is 11.6. The zero-order valence-corrected chi connectivity index (χ0v) is 21.1. The van der Waals surface area contributed by atoms with Crippen molar-refractivity contribution >= 4 is 27.1 Å². The highest BCUT2D eigenvalue weighted by Gasteiger charge is 2.33. The summed E-state index contributed by atoms with van der Waals surface area (Å²) in [5.41, 5.74) is 3.13. The predicted octanol–water partition coefficient (Wildman–Crippen LogP) is 4.05. The van der Waals surface area contributed by atoms with Crippen LogP contribution < -0.4 is 10.2 Å². The van der Waals surface area contributed by atoms with Gasteiger partial charge >= 0.3 is 0 Å². The summed E-state index contributed by atoms with van der Waals surface area (Å²) in [5.74, 6) is 1.04. The zero-order chi connectivity index (χ0) is 25.4. The van der Waals surface area contributed by atoms with Gasteiger partial charge < -0.3 is 10.2 Å². The van der Waals surface area contributed by atoms with Crippen LogP contribution >= 0.6 is 0 Å². The zero-order valence-electron chi connectivity index (χ0n) is 20.3. The van der Waals surface area contributed by atoms with Crippen LogP contribution in [0.5, 0.6) is 0 Å². The first-order valence-corrected chi connectivity index (χ1v) is 13.7. The standard InChI is InChI=1S/C25H31F2N5O2S/c1-17-21(18-14-29-31(2)16-18)15-28-23(32-11-6-9-25(26,27)10-12-32)22(17)24(33)30-19-7-5-8-20(13-19)35(3,4)34/h7,13-16H,3,5-6,8-12H2,1-2,4H3,(H,30,33). The van der Waals surface area contributed by atoms with E-state index in [0.717, 1.165) is 11.1 Å². The molecule has 7 nitrogen and oxygen atoms in total.